The van der Waals surface area contributed by atoms with E-state index < -0.39 is 0 Å². The Morgan fingerprint density at radius 3 is 2.55 bits per heavy atom. The van der Waals surface area contributed by atoms with Gasteiger partial charge in [-0.2, -0.15) is 0 Å². The Hall–Kier alpha value is -2.66. The van der Waals surface area contributed by atoms with Gasteiger partial charge in [-0.3, -0.25) is 14.8 Å². The molecule has 0 N–H and O–H groups in total. The van der Waals surface area contributed by atoms with Gasteiger partial charge in [0.05, 0.1) is 17.1 Å². The number of rotatable bonds is 6. The molecule has 5 rings (SSSR count). The SMILES string of the molecule is C=C(CC)/C(C)=C/C(=NC)C1=CC(=C2CCC2)N2C=C(N3CCN(C4CC4)CC3)C=CC2=N1. The molecule has 33 heavy (non-hydrogen) atoms. The third-order valence-electron chi connectivity index (χ3n) is 7.58. The predicted molar refractivity (Wildman–Crippen MR) is 138 cm³/mol. The van der Waals surface area contributed by atoms with Crippen LogP contribution >= 0.6 is 0 Å². The summed E-state index contributed by atoms with van der Waals surface area (Å²) in [4.78, 5) is 17.1. The van der Waals surface area contributed by atoms with Gasteiger partial charge in [0.15, 0.2) is 0 Å². The van der Waals surface area contributed by atoms with Crippen LogP contribution in [0.2, 0.25) is 0 Å². The number of allylic oxidation sites excluding steroid dienone is 6. The zero-order valence-electron chi connectivity index (χ0n) is 20.5. The van der Waals surface area contributed by atoms with Crippen molar-refractivity contribution in [2.45, 2.75) is 58.4 Å². The van der Waals surface area contributed by atoms with E-state index in [4.69, 9.17) is 4.99 Å². The molecule has 0 aromatic carbocycles. The van der Waals surface area contributed by atoms with Crippen LogP contribution in [0.1, 0.15) is 52.4 Å². The maximum absolute atomic E-state index is 5.03. The van der Waals surface area contributed by atoms with E-state index in [0.717, 1.165) is 48.4 Å². The van der Waals surface area contributed by atoms with Gasteiger partial charge in [-0.25, -0.2) is 4.99 Å². The highest BCUT2D eigenvalue weighted by Crippen LogP contribution is 2.36. The molecule has 0 spiro atoms. The molecule has 0 atom stereocenters. The molecule has 0 amide bonds. The lowest BCUT2D eigenvalue weighted by Crippen LogP contribution is -2.47. The number of amidine groups is 1. The predicted octanol–water partition coefficient (Wildman–Crippen LogP) is 5.20. The van der Waals surface area contributed by atoms with E-state index in [0.29, 0.717) is 0 Å². The first-order chi connectivity index (χ1) is 16.1. The summed E-state index contributed by atoms with van der Waals surface area (Å²) in [5, 5.41) is 0. The maximum atomic E-state index is 5.03. The van der Waals surface area contributed by atoms with Gasteiger partial charge in [0.2, 0.25) is 0 Å². The van der Waals surface area contributed by atoms with E-state index in [-0.39, 0.29) is 0 Å². The smallest absolute Gasteiger partial charge is 0.137 e. The summed E-state index contributed by atoms with van der Waals surface area (Å²) in [5.74, 6) is 0.990. The van der Waals surface area contributed by atoms with E-state index >= 15 is 0 Å². The van der Waals surface area contributed by atoms with Gasteiger partial charge in [-0.1, -0.05) is 19.1 Å². The molecule has 5 nitrogen and oxygen atoms in total. The molecule has 3 aliphatic heterocycles. The fourth-order valence-electron chi connectivity index (χ4n) is 4.94. The molecular formula is C28H37N5. The van der Waals surface area contributed by atoms with Crippen molar-refractivity contribution >= 4 is 11.5 Å². The summed E-state index contributed by atoms with van der Waals surface area (Å²) in [7, 11) is 1.85. The maximum Gasteiger partial charge on any atom is 0.137 e. The van der Waals surface area contributed by atoms with Gasteiger partial charge < -0.3 is 4.90 Å². The minimum absolute atomic E-state index is 0.865. The molecule has 0 aromatic rings. The molecule has 0 radical (unpaired) electrons. The van der Waals surface area contributed by atoms with E-state index in [1.165, 1.54) is 67.7 Å². The first-order valence-corrected chi connectivity index (χ1v) is 12.6. The number of hydrogen-bond acceptors (Lipinski definition) is 5. The Morgan fingerprint density at radius 2 is 1.94 bits per heavy atom. The van der Waals surface area contributed by atoms with Crippen molar-refractivity contribution in [2.75, 3.05) is 33.2 Å². The normalized spacial score (nSPS) is 24.3. The summed E-state index contributed by atoms with van der Waals surface area (Å²) < 4.78 is 0. The molecule has 0 bridgehead atoms. The number of hydrogen-bond donors (Lipinski definition) is 0. The summed E-state index contributed by atoms with van der Waals surface area (Å²) in [5.41, 5.74) is 8.31. The van der Waals surface area contributed by atoms with Gasteiger partial charge in [0.25, 0.3) is 0 Å². The van der Waals surface area contributed by atoms with Crippen molar-refractivity contribution in [1.82, 2.24) is 14.7 Å². The first kappa shape index (κ1) is 22.1. The van der Waals surface area contributed by atoms with E-state index in [9.17, 15) is 0 Å². The standard InChI is InChI=1S/C28H37N5/c1-5-20(2)21(3)17-25(29-4)26-18-27(22-7-6-8-22)33-19-24(11-12-28(33)30-26)32-15-13-31(14-16-32)23-9-10-23/h11-12,17-19,23H,2,5-10,13-16H2,1,3-4H3/b21-17+,29-25?. The summed E-state index contributed by atoms with van der Waals surface area (Å²) in [6.45, 7) is 13.0. The molecule has 174 valence electrons. The van der Waals surface area contributed by atoms with Crippen LogP contribution in [0.3, 0.4) is 0 Å². The number of nitrogens with zero attached hydrogens (tertiary/aromatic N) is 5. The fourth-order valence-corrected chi connectivity index (χ4v) is 4.94. The molecule has 3 fully saturated rings. The van der Waals surface area contributed by atoms with E-state index in [2.05, 4.69) is 70.6 Å². The average Bonchev–Trinajstić information content (AvgIpc) is 3.66. The van der Waals surface area contributed by atoms with E-state index in [1.807, 2.05) is 7.05 Å². The lowest BCUT2D eigenvalue weighted by Gasteiger charge is -2.39. The van der Waals surface area contributed by atoms with Gasteiger partial charge in [0, 0.05) is 51.2 Å². The van der Waals surface area contributed by atoms with Crippen molar-refractivity contribution in [3.63, 3.8) is 0 Å². The van der Waals surface area contributed by atoms with Crippen LogP contribution in [0.5, 0.6) is 0 Å². The number of fused-ring (bicyclic) bond motifs is 1. The first-order valence-electron chi connectivity index (χ1n) is 12.6. The third kappa shape index (κ3) is 4.56. The van der Waals surface area contributed by atoms with Gasteiger partial charge in [-0.15, -0.1) is 0 Å². The topological polar surface area (TPSA) is 34.4 Å². The third-order valence-corrected chi connectivity index (χ3v) is 7.58. The van der Waals surface area contributed by atoms with Gasteiger partial charge in [0.1, 0.15) is 5.84 Å². The van der Waals surface area contributed by atoms with Crippen LogP contribution in [0.4, 0.5) is 0 Å². The molecular weight excluding hydrogens is 406 g/mol. The van der Waals surface area contributed by atoms with Crippen molar-refractivity contribution in [3.05, 3.63) is 70.9 Å². The Bertz CT molecular complexity index is 1030. The van der Waals surface area contributed by atoms with Crippen LogP contribution in [-0.2, 0) is 0 Å². The molecule has 3 heterocycles. The highest BCUT2D eigenvalue weighted by atomic mass is 15.3. The fraction of sp³-hybridized carbons (Fsp3) is 0.500. The monoisotopic (exact) mass is 443 g/mol. The molecule has 1 saturated heterocycles. The molecule has 2 saturated carbocycles. The van der Waals surface area contributed by atoms with Crippen molar-refractivity contribution < 1.29 is 0 Å². The Kier molecular flexibility index (Phi) is 6.24. The van der Waals surface area contributed by atoms with Gasteiger partial charge in [-0.05, 0) is 80.9 Å². The second-order valence-corrected chi connectivity index (χ2v) is 9.75. The van der Waals surface area contributed by atoms with E-state index in [1.54, 1.807) is 0 Å². The average molecular weight is 444 g/mol. The zero-order valence-corrected chi connectivity index (χ0v) is 20.5. The van der Waals surface area contributed by atoms with Gasteiger partial charge >= 0.3 is 0 Å². The van der Waals surface area contributed by atoms with Crippen LogP contribution < -0.4 is 0 Å². The molecule has 0 aromatic heterocycles. The highest BCUT2D eigenvalue weighted by molar-refractivity contribution is 6.12. The largest absolute Gasteiger partial charge is 0.368 e. The summed E-state index contributed by atoms with van der Waals surface area (Å²) in [6.07, 6.45) is 18.5. The highest BCUT2D eigenvalue weighted by Gasteiger charge is 2.32. The second kappa shape index (κ2) is 9.30. The molecule has 5 heteroatoms. The summed E-state index contributed by atoms with van der Waals surface area (Å²) in [6, 6.07) is 0.865. The molecule has 5 aliphatic rings. The Labute approximate surface area is 198 Å². The minimum atomic E-state index is 0.865. The van der Waals surface area contributed by atoms with Crippen molar-refractivity contribution in [3.8, 4) is 0 Å². The van der Waals surface area contributed by atoms with Crippen LogP contribution in [-0.4, -0.2) is 65.5 Å². The molecule has 0 unspecified atom stereocenters. The zero-order chi connectivity index (χ0) is 22.9. The summed E-state index contributed by atoms with van der Waals surface area (Å²) >= 11 is 0. The van der Waals surface area contributed by atoms with Crippen LogP contribution in [0.15, 0.2) is 80.9 Å². The second-order valence-electron chi connectivity index (χ2n) is 9.75. The van der Waals surface area contributed by atoms with Crippen molar-refractivity contribution in [1.29, 1.82) is 0 Å². The Morgan fingerprint density at radius 1 is 1.18 bits per heavy atom. The minimum Gasteiger partial charge on any atom is -0.368 e. The van der Waals surface area contributed by atoms with Crippen LogP contribution in [0.25, 0.3) is 0 Å². The number of aliphatic imine (C=N–C) groups is 2. The van der Waals surface area contributed by atoms with Crippen LogP contribution in [0, 0.1) is 0 Å². The lowest BCUT2D eigenvalue weighted by atomic mass is 9.89. The molecule has 2 aliphatic carbocycles. The number of piperazine rings is 1. The van der Waals surface area contributed by atoms with Crippen molar-refractivity contribution in [2.24, 2.45) is 9.98 Å². The lowest BCUT2D eigenvalue weighted by molar-refractivity contribution is 0.154. The Balaban J connectivity index is 1.40. The quantitative estimate of drug-likeness (QED) is 0.418.